The van der Waals surface area contributed by atoms with E-state index in [0.29, 0.717) is 5.56 Å². The molecule has 124 valence electrons. The van der Waals surface area contributed by atoms with Crippen molar-refractivity contribution in [2.45, 2.75) is 11.0 Å². The summed E-state index contributed by atoms with van der Waals surface area (Å²) in [6.45, 7) is -0.114. The van der Waals surface area contributed by atoms with Gasteiger partial charge in [0.05, 0.1) is 16.0 Å². The Morgan fingerprint density at radius 3 is 2.57 bits per heavy atom. The maximum absolute atomic E-state index is 13.2. The topological polar surface area (TPSA) is 55.4 Å². The molecule has 1 atom stereocenters. The Bertz CT molecular complexity index is 799. The van der Waals surface area contributed by atoms with E-state index in [1.807, 2.05) is 0 Å². The largest absolute Gasteiger partial charge is 0.375 e. The molecule has 0 aromatic heterocycles. The number of benzene rings is 2. The summed E-state index contributed by atoms with van der Waals surface area (Å²) in [7, 11) is -2.51. The molecule has 0 amide bonds. The highest BCUT2D eigenvalue weighted by molar-refractivity contribution is 7.89. The third-order valence-corrected chi connectivity index (χ3v) is 4.88. The minimum atomic E-state index is -3.90. The van der Waals surface area contributed by atoms with E-state index in [4.69, 9.17) is 16.3 Å². The lowest BCUT2D eigenvalue weighted by atomic mass is 10.1. The molecule has 1 unspecified atom stereocenters. The third kappa shape index (κ3) is 4.48. The summed E-state index contributed by atoms with van der Waals surface area (Å²) in [6.07, 6.45) is -0.670. The van der Waals surface area contributed by atoms with Crippen LogP contribution < -0.4 is 4.72 Å². The van der Waals surface area contributed by atoms with Crippen LogP contribution in [0.2, 0.25) is 5.02 Å². The van der Waals surface area contributed by atoms with Crippen molar-refractivity contribution in [3.63, 3.8) is 0 Å². The molecule has 8 heteroatoms. The zero-order valence-corrected chi connectivity index (χ0v) is 13.7. The van der Waals surface area contributed by atoms with Crippen molar-refractivity contribution in [2.75, 3.05) is 13.7 Å². The number of rotatable bonds is 6. The van der Waals surface area contributed by atoms with Gasteiger partial charge in [0.2, 0.25) is 10.0 Å². The zero-order valence-electron chi connectivity index (χ0n) is 12.1. The molecular formula is C15H14ClF2NO3S. The van der Waals surface area contributed by atoms with Gasteiger partial charge in [0, 0.05) is 13.7 Å². The summed E-state index contributed by atoms with van der Waals surface area (Å²) in [5.74, 6) is -1.15. The molecule has 0 aliphatic rings. The first-order valence-corrected chi connectivity index (χ1v) is 8.42. The second-order valence-electron chi connectivity index (χ2n) is 4.71. The van der Waals surface area contributed by atoms with E-state index < -0.39 is 27.8 Å². The molecule has 0 saturated heterocycles. The van der Waals surface area contributed by atoms with Gasteiger partial charge >= 0.3 is 0 Å². The van der Waals surface area contributed by atoms with Gasteiger partial charge in [0.25, 0.3) is 0 Å². The normalized spacial score (nSPS) is 13.0. The van der Waals surface area contributed by atoms with Gasteiger partial charge in [-0.15, -0.1) is 0 Å². The summed E-state index contributed by atoms with van der Waals surface area (Å²) >= 11 is 5.59. The van der Waals surface area contributed by atoms with Gasteiger partial charge in [0.1, 0.15) is 11.6 Å². The van der Waals surface area contributed by atoms with E-state index in [0.717, 1.165) is 18.2 Å². The first-order valence-electron chi connectivity index (χ1n) is 6.56. The molecule has 0 heterocycles. The van der Waals surface area contributed by atoms with Crippen molar-refractivity contribution < 1.29 is 21.9 Å². The second kappa shape index (κ2) is 7.35. The van der Waals surface area contributed by atoms with Crippen LogP contribution in [0.5, 0.6) is 0 Å². The van der Waals surface area contributed by atoms with Gasteiger partial charge in [-0.25, -0.2) is 21.9 Å². The van der Waals surface area contributed by atoms with E-state index in [1.165, 1.54) is 25.3 Å². The van der Waals surface area contributed by atoms with Crippen LogP contribution in [0.15, 0.2) is 47.4 Å². The van der Waals surface area contributed by atoms with Crippen LogP contribution in [0, 0.1) is 11.6 Å². The summed E-state index contributed by atoms with van der Waals surface area (Å²) in [5, 5.41) is -0.290. The number of hydrogen-bond acceptors (Lipinski definition) is 3. The van der Waals surface area contributed by atoms with Crippen molar-refractivity contribution in [1.29, 1.82) is 0 Å². The molecule has 0 aliphatic carbocycles. The number of methoxy groups -OCH3 is 1. The van der Waals surface area contributed by atoms with Crippen molar-refractivity contribution >= 4 is 21.6 Å². The Morgan fingerprint density at radius 2 is 1.96 bits per heavy atom. The van der Waals surface area contributed by atoms with Crippen molar-refractivity contribution in [3.05, 3.63) is 64.7 Å². The maximum atomic E-state index is 13.2. The maximum Gasteiger partial charge on any atom is 0.240 e. The number of nitrogens with one attached hydrogen (secondary N) is 1. The standard InChI is InChI=1S/C15H14ClF2NO3S/c1-22-15(10-3-2-4-11(17)7-10)9-19-23(20,21)12-5-6-14(18)13(16)8-12/h2-8,15,19H,9H2,1H3. The quantitative estimate of drug-likeness (QED) is 0.859. The Labute approximate surface area is 138 Å². The fourth-order valence-corrected chi connectivity index (χ4v) is 3.26. The molecule has 0 aliphatic heterocycles. The molecule has 2 aromatic rings. The fourth-order valence-electron chi connectivity index (χ4n) is 1.96. The average Bonchev–Trinajstić information content (AvgIpc) is 2.50. The minimum Gasteiger partial charge on any atom is -0.375 e. The van der Waals surface area contributed by atoms with E-state index >= 15 is 0 Å². The molecule has 0 spiro atoms. The van der Waals surface area contributed by atoms with Gasteiger partial charge in [-0.05, 0) is 35.9 Å². The van der Waals surface area contributed by atoms with Crippen molar-refractivity contribution in [3.8, 4) is 0 Å². The average molecular weight is 362 g/mol. The Hall–Kier alpha value is -1.54. The van der Waals surface area contributed by atoms with Crippen LogP contribution in [0.3, 0.4) is 0 Å². The highest BCUT2D eigenvalue weighted by Crippen LogP contribution is 2.21. The predicted molar refractivity (Wildman–Crippen MR) is 82.7 cm³/mol. The Kier molecular flexibility index (Phi) is 5.69. The van der Waals surface area contributed by atoms with Crippen LogP contribution in [0.1, 0.15) is 11.7 Å². The Morgan fingerprint density at radius 1 is 1.22 bits per heavy atom. The summed E-state index contributed by atoms with van der Waals surface area (Å²) in [4.78, 5) is -0.169. The number of ether oxygens (including phenoxy) is 1. The SMILES string of the molecule is COC(CNS(=O)(=O)c1ccc(F)c(Cl)c1)c1cccc(F)c1. The lowest BCUT2D eigenvalue weighted by Crippen LogP contribution is -2.29. The van der Waals surface area contributed by atoms with Gasteiger partial charge in [-0.1, -0.05) is 23.7 Å². The van der Waals surface area contributed by atoms with Crippen LogP contribution >= 0.6 is 11.6 Å². The molecule has 2 rings (SSSR count). The number of sulfonamides is 1. The minimum absolute atomic E-state index is 0.114. The van der Waals surface area contributed by atoms with E-state index in [-0.39, 0.29) is 16.5 Å². The highest BCUT2D eigenvalue weighted by Gasteiger charge is 2.19. The third-order valence-electron chi connectivity index (χ3n) is 3.17. The van der Waals surface area contributed by atoms with Gasteiger partial charge in [-0.2, -0.15) is 0 Å². The number of halogens is 3. The summed E-state index contributed by atoms with van der Waals surface area (Å²) in [6, 6.07) is 8.76. The summed E-state index contributed by atoms with van der Waals surface area (Å²) < 4.78 is 58.3. The predicted octanol–water partition coefficient (Wildman–Crippen LogP) is 3.28. The van der Waals surface area contributed by atoms with Gasteiger partial charge in [0.15, 0.2) is 0 Å². The van der Waals surface area contributed by atoms with Gasteiger partial charge in [-0.3, -0.25) is 0 Å². The van der Waals surface area contributed by atoms with Crippen LogP contribution in [-0.4, -0.2) is 22.1 Å². The van der Waals surface area contributed by atoms with Gasteiger partial charge < -0.3 is 4.74 Å². The van der Waals surface area contributed by atoms with Crippen LogP contribution in [0.4, 0.5) is 8.78 Å². The fraction of sp³-hybridized carbons (Fsp3) is 0.200. The lowest BCUT2D eigenvalue weighted by molar-refractivity contribution is 0.107. The smallest absolute Gasteiger partial charge is 0.240 e. The van der Waals surface area contributed by atoms with Crippen molar-refractivity contribution in [1.82, 2.24) is 4.72 Å². The highest BCUT2D eigenvalue weighted by atomic mass is 35.5. The first-order chi connectivity index (χ1) is 10.8. The van der Waals surface area contributed by atoms with E-state index in [1.54, 1.807) is 6.07 Å². The molecule has 1 N–H and O–H groups in total. The van der Waals surface area contributed by atoms with E-state index in [9.17, 15) is 17.2 Å². The molecule has 4 nitrogen and oxygen atoms in total. The molecule has 23 heavy (non-hydrogen) atoms. The summed E-state index contributed by atoms with van der Waals surface area (Å²) in [5.41, 5.74) is 0.493. The van der Waals surface area contributed by atoms with Crippen LogP contribution in [0.25, 0.3) is 0 Å². The molecule has 0 saturated carbocycles. The van der Waals surface area contributed by atoms with E-state index in [2.05, 4.69) is 4.72 Å². The Balaban J connectivity index is 2.15. The van der Waals surface area contributed by atoms with Crippen molar-refractivity contribution in [2.24, 2.45) is 0 Å². The monoisotopic (exact) mass is 361 g/mol. The molecule has 2 aromatic carbocycles. The molecular weight excluding hydrogens is 348 g/mol. The first kappa shape index (κ1) is 17.8. The second-order valence-corrected chi connectivity index (χ2v) is 6.88. The van der Waals surface area contributed by atoms with Crippen LogP contribution in [-0.2, 0) is 14.8 Å². The molecule has 0 bridgehead atoms. The zero-order chi connectivity index (χ0) is 17.0. The lowest BCUT2D eigenvalue weighted by Gasteiger charge is -2.17. The molecule has 0 radical (unpaired) electrons. The number of hydrogen-bond donors (Lipinski definition) is 1. The molecule has 0 fully saturated rings.